The van der Waals surface area contributed by atoms with E-state index in [1.165, 1.54) is 6.07 Å². The molecule has 4 nitrogen and oxygen atoms in total. The van der Waals surface area contributed by atoms with Crippen LogP contribution in [0.25, 0.3) is 0 Å². The van der Waals surface area contributed by atoms with Gasteiger partial charge in [0.2, 0.25) is 0 Å². The number of ether oxygens (including phenoxy) is 2. The molecule has 1 rings (SSSR count). The molecule has 0 aliphatic rings. The number of halogens is 1. The van der Waals surface area contributed by atoms with Crippen LogP contribution in [-0.4, -0.2) is 29.4 Å². The monoisotopic (exact) mass is 344 g/mol. The number of rotatable bonds is 6. The number of carbonyl (C=O) groups is 1. The summed E-state index contributed by atoms with van der Waals surface area (Å²) in [6, 6.07) is 4.82. The zero-order valence-electron chi connectivity index (χ0n) is 12.3. The smallest absolute Gasteiger partial charge is 0.335 e. The van der Waals surface area contributed by atoms with Crippen LogP contribution >= 0.6 is 15.9 Å². The molecule has 5 heteroatoms. The van der Waals surface area contributed by atoms with Crippen molar-refractivity contribution < 1.29 is 19.4 Å². The average Bonchev–Trinajstić information content (AvgIpc) is 2.32. The molecule has 0 amide bonds. The molecule has 0 saturated heterocycles. The third kappa shape index (κ3) is 5.92. The summed E-state index contributed by atoms with van der Waals surface area (Å²) in [6.45, 7) is 8.44. The lowest BCUT2D eigenvalue weighted by Crippen LogP contribution is -2.29. The van der Waals surface area contributed by atoms with Gasteiger partial charge in [0, 0.05) is 4.47 Å². The van der Waals surface area contributed by atoms with E-state index < -0.39 is 5.97 Å². The van der Waals surface area contributed by atoms with Crippen molar-refractivity contribution in [3.05, 3.63) is 28.2 Å². The number of hydrogen-bond donors (Lipinski definition) is 1. The Morgan fingerprint density at radius 2 is 2.00 bits per heavy atom. The molecule has 1 atom stereocenters. The highest BCUT2D eigenvalue weighted by Crippen LogP contribution is 2.23. The third-order valence-electron chi connectivity index (χ3n) is 2.58. The molecule has 0 spiro atoms. The molecule has 0 bridgehead atoms. The second-order valence-electron chi connectivity index (χ2n) is 5.55. The minimum atomic E-state index is -0.977. The third-order valence-corrected chi connectivity index (χ3v) is 3.04. The largest absolute Gasteiger partial charge is 0.488 e. The summed E-state index contributed by atoms with van der Waals surface area (Å²) in [5.41, 5.74) is -0.0266. The molecule has 1 unspecified atom stereocenters. The second-order valence-corrected chi connectivity index (χ2v) is 6.47. The van der Waals surface area contributed by atoms with Crippen molar-refractivity contribution >= 4 is 21.9 Å². The highest BCUT2D eigenvalue weighted by atomic mass is 79.9. The fourth-order valence-electron chi connectivity index (χ4n) is 1.52. The highest BCUT2D eigenvalue weighted by Gasteiger charge is 2.16. The van der Waals surface area contributed by atoms with E-state index in [0.29, 0.717) is 16.8 Å². The first-order chi connectivity index (χ1) is 9.21. The van der Waals surface area contributed by atoms with Crippen LogP contribution in [0.4, 0.5) is 0 Å². The maximum atomic E-state index is 11.0. The van der Waals surface area contributed by atoms with Gasteiger partial charge in [-0.05, 0) is 45.4 Å². The first-order valence-electron chi connectivity index (χ1n) is 6.55. The Hall–Kier alpha value is -1.07. The van der Waals surface area contributed by atoms with Gasteiger partial charge in [-0.1, -0.05) is 22.9 Å². The van der Waals surface area contributed by atoms with Gasteiger partial charge >= 0.3 is 5.97 Å². The summed E-state index contributed by atoms with van der Waals surface area (Å²) in [7, 11) is 0. The van der Waals surface area contributed by atoms with Crippen molar-refractivity contribution in [1.82, 2.24) is 0 Å². The molecule has 112 valence electrons. The predicted octanol–water partition coefficient (Wildman–Crippen LogP) is 4.12. The number of hydrogen-bond acceptors (Lipinski definition) is 3. The van der Waals surface area contributed by atoms with E-state index in [4.69, 9.17) is 14.6 Å². The van der Waals surface area contributed by atoms with Gasteiger partial charge in [0.1, 0.15) is 11.9 Å². The molecular weight excluding hydrogens is 324 g/mol. The summed E-state index contributed by atoms with van der Waals surface area (Å²) in [4.78, 5) is 11.0. The van der Waals surface area contributed by atoms with E-state index in [9.17, 15) is 4.79 Å². The minimum absolute atomic E-state index is 0.106. The van der Waals surface area contributed by atoms with Crippen molar-refractivity contribution in [2.24, 2.45) is 0 Å². The normalized spacial score (nSPS) is 13.1. The van der Waals surface area contributed by atoms with Gasteiger partial charge < -0.3 is 14.6 Å². The fourth-order valence-corrected chi connectivity index (χ4v) is 2.00. The van der Waals surface area contributed by atoms with E-state index in [2.05, 4.69) is 15.9 Å². The van der Waals surface area contributed by atoms with Crippen molar-refractivity contribution in [2.75, 3.05) is 6.61 Å². The van der Waals surface area contributed by atoms with Gasteiger partial charge in [-0.3, -0.25) is 0 Å². The van der Waals surface area contributed by atoms with Gasteiger partial charge in [-0.25, -0.2) is 4.79 Å². The Morgan fingerprint density at radius 3 is 2.50 bits per heavy atom. The molecule has 0 aliphatic carbocycles. The molecule has 0 aliphatic heterocycles. The fraction of sp³-hybridized carbons (Fsp3) is 0.533. The lowest BCUT2D eigenvalue weighted by Gasteiger charge is -2.24. The number of carboxylic acids is 1. The molecular formula is C15H21BrO4. The van der Waals surface area contributed by atoms with E-state index in [1.54, 1.807) is 12.1 Å². The summed E-state index contributed by atoms with van der Waals surface area (Å²) in [5, 5.41) is 9.03. The Labute approximate surface area is 128 Å². The van der Waals surface area contributed by atoms with Gasteiger partial charge in [0.05, 0.1) is 17.8 Å². The van der Waals surface area contributed by atoms with Crippen LogP contribution in [-0.2, 0) is 4.74 Å². The molecule has 1 N–H and O–H groups in total. The lowest BCUT2D eigenvalue weighted by atomic mass is 10.2. The molecule has 1 aromatic carbocycles. The number of benzene rings is 1. The molecule has 0 heterocycles. The maximum Gasteiger partial charge on any atom is 0.335 e. The molecule has 0 fully saturated rings. The molecule has 0 saturated carbocycles. The first-order valence-corrected chi connectivity index (χ1v) is 7.35. The summed E-state index contributed by atoms with van der Waals surface area (Å²) in [5.74, 6) is -0.448. The van der Waals surface area contributed by atoms with E-state index in [0.717, 1.165) is 6.42 Å². The van der Waals surface area contributed by atoms with Crippen molar-refractivity contribution in [3.63, 3.8) is 0 Å². The highest BCUT2D eigenvalue weighted by molar-refractivity contribution is 9.10. The minimum Gasteiger partial charge on any atom is -0.488 e. The number of carboxylic acid groups (broad SMARTS) is 1. The molecule has 0 aromatic heterocycles. The standard InChI is InChI=1S/C15H21BrO4/c1-5-12(9-19-15(2,3)4)20-13-7-10(14(17)18)6-11(16)8-13/h6-8,12H,5,9H2,1-4H3,(H,17,18). The maximum absolute atomic E-state index is 11.0. The van der Waals surface area contributed by atoms with Gasteiger partial charge in [-0.2, -0.15) is 0 Å². The van der Waals surface area contributed by atoms with Crippen LogP contribution < -0.4 is 4.74 Å². The Bertz CT molecular complexity index is 465. The Kier molecular flexibility index (Phi) is 6.02. The topological polar surface area (TPSA) is 55.8 Å². The molecule has 1 aromatic rings. The summed E-state index contributed by atoms with van der Waals surface area (Å²) in [6.07, 6.45) is 0.676. The summed E-state index contributed by atoms with van der Waals surface area (Å²) >= 11 is 3.29. The van der Waals surface area contributed by atoms with Crippen molar-refractivity contribution in [2.45, 2.75) is 45.8 Å². The van der Waals surface area contributed by atoms with Gasteiger partial charge in [0.25, 0.3) is 0 Å². The van der Waals surface area contributed by atoms with Crippen LogP contribution in [0.1, 0.15) is 44.5 Å². The summed E-state index contributed by atoms with van der Waals surface area (Å²) < 4.78 is 12.2. The average molecular weight is 345 g/mol. The Morgan fingerprint density at radius 1 is 1.35 bits per heavy atom. The SMILES string of the molecule is CCC(COC(C)(C)C)Oc1cc(Br)cc(C(=O)O)c1. The quantitative estimate of drug-likeness (QED) is 0.843. The lowest BCUT2D eigenvalue weighted by molar-refractivity contribution is -0.0424. The molecule has 20 heavy (non-hydrogen) atoms. The van der Waals surface area contributed by atoms with Crippen LogP contribution in [0.15, 0.2) is 22.7 Å². The van der Waals surface area contributed by atoms with E-state index in [-0.39, 0.29) is 17.3 Å². The van der Waals surface area contributed by atoms with Crippen LogP contribution in [0.2, 0.25) is 0 Å². The number of aromatic carboxylic acids is 1. The zero-order valence-corrected chi connectivity index (χ0v) is 13.9. The van der Waals surface area contributed by atoms with Crippen molar-refractivity contribution in [1.29, 1.82) is 0 Å². The Balaban J connectivity index is 2.77. The van der Waals surface area contributed by atoms with Gasteiger partial charge in [0.15, 0.2) is 0 Å². The van der Waals surface area contributed by atoms with Crippen LogP contribution in [0.5, 0.6) is 5.75 Å². The van der Waals surface area contributed by atoms with E-state index >= 15 is 0 Å². The van der Waals surface area contributed by atoms with Crippen LogP contribution in [0, 0.1) is 0 Å². The predicted molar refractivity (Wildman–Crippen MR) is 81.5 cm³/mol. The second kappa shape index (κ2) is 7.09. The zero-order chi connectivity index (χ0) is 15.3. The van der Waals surface area contributed by atoms with Gasteiger partial charge in [-0.15, -0.1) is 0 Å². The van der Waals surface area contributed by atoms with Crippen LogP contribution in [0.3, 0.4) is 0 Å². The first kappa shape index (κ1) is 17.0. The van der Waals surface area contributed by atoms with E-state index in [1.807, 2.05) is 27.7 Å². The molecule has 0 radical (unpaired) electrons. The van der Waals surface area contributed by atoms with Crippen molar-refractivity contribution in [3.8, 4) is 5.75 Å².